The van der Waals surface area contributed by atoms with E-state index in [1.54, 1.807) is 12.5 Å². The number of aromatic nitrogens is 3. The van der Waals surface area contributed by atoms with Gasteiger partial charge in [0.15, 0.2) is 5.82 Å². The summed E-state index contributed by atoms with van der Waals surface area (Å²) in [5.41, 5.74) is 7.50. The molecule has 2 aromatic rings. The lowest BCUT2D eigenvalue weighted by Gasteiger charge is -2.25. The molecule has 0 radical (unpaired) electrons. The Hall–Kier alpha value is -2.11. The number of hydrogen-bond acceptors (Lipinski definition) is 4. The Kier molecular flexibility index (Phi) is 3.69. The maximum absolute atomic E-state index is 7.51. The largest absolute Gasteiger partial charge is 0.387 e. The third kappa shape index (κ3) is 2.52. The van der Waals surface area contributed by atoms with Crippen molar-refractivity contribution in [2.45, 2.75) is 13.8 Å². The van der Waals surface area contributed by atoms with Crippen LogP contribution in [0.25, 0.3) is 11.0 Å². The highest BCUT2D eigenvalue weighted by Gasteiger charge is 2.16. The number of nitrogens with two attached hydrogens (primary N) is 1. The van der Waals surface area contributed by atoms with Crippen molar-refractivity contribution in [3.63, 3.8) is 0 Å². The summed E-state index contributed by atoms with van der Waals surface area (Å²) < 4.78 is 1.97. The van der Waals surface area contributed by atoms with E-state index in [-0.39, 0.29) is 11.8 Å². The van der Waals surface area contributed by atoms with Crippen LogP contribution >= 0.6 is 0 Å². The zero-order chi connectivity index (χ0) is 14.0. The van der Waals surface area contributed by atoms with Gasteiger partial charge < -0.3 is 15.2 Å². The smallest absolute Gasteiger partial charge is 0.156 e. The first-order valence-electron chi connectivity index (χ1n) is 6.39. The first-order valence-corrected chi connectivity index (χ1v) is 6.39. The van der Waals surface area contributed by atoms with Crippen LogP contribution in [0.2, 0.25) is 0 Å². The summed E-state index contributed by atoms with van der Waals surface area (Å²) in [5.74, 6) is 1.06. The molecule has 0 spiro atoms. The summed E-state index contributed by atoms with van der Waals surface area (Å²) in [5, 5.41) is 7.51. The summed E-state index contributed by atoms with van der Waals surface area (Å²) >= 11 is 0. The number of rotatable bonds is 5. The van der Waals surface area contributed by atoms with Crippen molar-refractivity contribution in [1.29, 1.82) is 5.41 Å². The van der Waals surface area contributed by atoms with Gasteiger partial charge in [0, 0.05) is 32.3 Å². The highest BCUT2D eigenvalue weighted by Crippen LogP contribution is 2.23. The molecule has 0 aliphatic heterocycles. The fourth-order valence-corrected chi connectivity index (χ4v) is 2.07. The Morgan fingerprint density at radius 2 is 2.26 bits per heavy atom. The minimum Gasteiger partial charge on any atom is -0.387 e. The number of nitrogens with one attached hydrogen (secondary N) is 1. The number of nitrogens with zero attached hydrogens (tertiary/aromatic N) is 4. The molecule has 6 heteroatoms. The lowest BCUT2D eigenvalue weighted by molar-refractivity contribution is 0.692. The second kappa shape index (κ2) is 5.26. The molecule has 2 rings (SSSR count). The predicted octanol–water partition coefficient (Wildman–Crippen LogP) is 1.37. The van der Waals surface area contributed by atoms with Gasteiger partial charge in [0.05, 0.1) is 17.7 Å². The SMILES string of the molecule is CCN(CC(C)C(=N)N)c1nccc2c1ncn2C. The standard InChI is InChI=1S/C13H20N6/c1-4-19(7-9(2)12(14)15)13-11-10(5-6-16-13)18(3)8-17-11/h5-6,8-9H,4,7H2,1-3H3,(H3,14,15). The maximum atomic E-state index is 7.51. The van der Waals surface area contributed by atoms with E-state index in [4.69, 9.17) is 11.1 Å². The molecule has 1 atom stereocenters. The van der Waals surface area contributed by atoms with E-state index in [2.05, 4.69) is 21.8 Å². The van der Waals surface area contributed by atoms with E-state index < -0.39 is 0 Å². The second-order valence-corrected chi connectivity index (χ2v) is 4.75. The Balaban J connectivity index is 2.38. The van der Waals surface area contributed by atoms with Crippen LogP contribution in [0, 0.1) is 11.3 Å². The molecule has 0 aromatic carbocycles. The molecular formula is C13H20N6. The molecule has 2 heterocycles. The first kappa shape index (κ1) is 13.3. The van der Waals surface area contributed by atoms with Gasteiger partial charge in [-0.25, -0.2) is 9.97 Å². The molecule has 0 aliphatic rings. The Morgan fingerprint density at radius 1 is 1.53 bits per heavy atom. The van der Waals surface area contributed by atoms with Gasteiger partial charge >= 0.3 is 0 Å². The van der Waals surface area contributed by atoms with Crippen LogP contribution < -0.4 is 10.6 Å². The predicted molar refractivity (Wildman–Crippen MR) is 77.5 cm³/mol. The zero-order valence-corrected chi connectivity index (χ0v) is 11.6. The number of amidine groups is 1. The van der Waals surface area contributed by atoms with Crippen molar-refractivity contribution in [3.8, 4) is 0 Å². The Labute approximate surface area is 112 Å². The van der Waals surface area contributed by atoms with Crippen molar-refractivity contribution in [1.82, 2.24) is 14.5 Å². The maximum Gasteiger partial charge on any atom is 0.156 e. The van der Waals surface area contributed by atoms with E-state index in [1.807, 2.05) is 24.6 Å². The number of pyridine rings is 1. The van der Waals surface area contributed by atoms with E-state index in [1.165, 1.54) is 0 Å². The molecule has 0 bridgehead atoms. The van der Waals surface area contributed by atoms with Gasteiger partial charge in [0.2, 0.25) is 0 Å². The molecule has 0 saturated carbocycles. The van der Waals surface area contributed by atoms with E-state index >= 15 is 0 Å². The summed E-state index contributed by atoms with van der Waals surface area (Å²) in [6.45, 7) is 5.49. The third-order valence-electron chi connectivity index (χ3n) is 3.33. The topological polar surface area (TPSA) is 83.8 Å². The number of imidazole rings is 1. The fraction of sp³-hybridized carbons (Fsp3) is 0.462. The Bertz CT molecular complexity index is 588. The zero-order valence-electron chi connectivity index (χ0n) is 11.6. The number of fused-ring (bicyclic) bond motifs is 1. The monoisotopic (exact) mass is 260 g/mol. The summed E-state index contributed by atoms with van der Waals surface area (Å²) in [4.78, 5) is 11.0. The van der Waals surface area contributed by atoms with Crippen molar-refractivity contribution in [2.24, 2.45) is 18.7 Å². The van der Waals surface area contributed by atoms with E-state index in [0.29, 0.717) is 6.54 Å². The molecule has 0 saturated heterocycles. The number of aryl methyl sites for hydroxylation is 1. The average molecular weight is 260 g/mol. The van der Waals surface area contributed by atoms with Gasteiger partial charge in [0.25, 0.3) is 0 Å². The van der Waals surface area contributed by atoms with Gasteiger partial charge in [0.1, 0.15) is 5.52 Å². The fourth-order valence-electron chi connectivity index (χ4n) is 2.07. The van der Waals surface area contributed by atoms with Gasteiger partial charge in [-0.05, 0) is 13.0 Å². The molecule has 0 amide bonds. The molecule has 2 aromatic heterocycles. The lowest BCUT2D eigenvalue weighted by Crippen LogP contribution is -2.35. The minimum atomic E-state index is 0.000665. The first-order chi connectivity index (χ1) is 9.04. The van der Waals surface area contributed by atoms with Crippen LogP contribution in [0.15, 0.2) is 18.6 Å². The highest BCUT2D eigenvalue weighted by molar-refractivity contribution is 5.87. The number of hydrogen-bond donors (Lipinski definition) is 2. The minimum absolute atomic E-state index is 0.000665. The van der Waals surface area contributed by atoms with Crippen LogP contribution in [0.1, 0.15) is 13.8 Å². The van der Waals surface area contributed by atoms with Crippen molar-refractivity contribution in [3.05, 3.63) is 18.6 Å². The van der Waals surface area contributed by atoms with Crippen molar-refractivity contribution < 1.29 is 0 Å². The van der Waals surface area contributed by atoms with Crippen LogP contribution in [0.4, 0.5) is 5.82 Å². The quantitative estimate of drug-likeness (QED) is 0.628. The van der Waals surface area contributed by atoms with Crippen LogP contribution in [-0.2, 0) is 7.05 Å². The van der Waals surface area contributed by atoms with E-state index in [0.717, 1.165) is 23.4 Å². The van der Waals surface area contributed by atoms with Crippen molar-refractivity contribution >= 4 is 22.7 Å². The molecule has 102 valence electrons. The molecule has 0 aliphatic carbocycles. The summed E-state index contributed by atoms with van der Waals surface area (Å²) in [7, 11) is 1.97. The molecule has 19 heavy (non-hydrogen) atoms. The number of anilines is 1. The van der Waals surface area contributed by atoms with Crippen LogP contribution in [0.5, 0.6) is 0 Å². The average Bonchev–Trinajstić information content (AvgIpc) is 2.77. The van der Waals surface area contributed by atoms with E-state index in [9.17, 15) is 0 Å². The molecule has 6 nitrogen and oxygen atoms in total. The molecule has 0 fully saturated rings. The normalized spacial score (nSPS) is 12.6. The van der Waals surface area contributed by atoms with Crippen LogP contribution in [0.3, 0.4) is 0 Å². The molecule has 3 N–H and O–H groups in total. The Morgan fingerprint density at radius 3 is 2.89 bits per heavy atom. The third-order valence-corrected chi connectivity index (χ3v) is 3.33. The lowest BCUT2D eigenvalue weighted by atomic mass is 10.1. The van der Waals surface area contributed by atoms with Crippen LogP contribution in [-0.4, -0.2) is 33.5 Å². The highest BCUT2D eigenvalue weighted by atomic mass is 15.2. The second-order valence-electron chi connectivity index (χ2n) is 4.75. The molecular weight excluding hydrogens is 240 g/mol. The summed E-state index contributed by atoms with van der Waals surface area (Å²) in [6.07, 6.45) is 3.58. The van der Waals surface area contributed by atoms with Gasteiger partial charge in [-0.15, -0.1) is 0 Å². The summed E-state index contributed by atoms with van der Waals surface area (Å²) in [6, 6.07) is 1.95. The molecule has 1 unspecified atom stereocenters. The van der Waals surface area contributed by atoms with Crippen molar-refractivity contribution in [2.75, 3.05) is 18.0 Å². The van der Waals surface area contributed by atoms with Gasteiger partial charge in [-0.1, -0.05) is 6.92 Å². The van der Waals surface area contributed by atoms with Gasteiger partial charge in [-0.3, -0.25) is 5.41 Å². The van der Waals surface area contributed by atoms with Gasteiger partial charge in [-0.2, -0.15) is 0 Å².